The van der Waals surface area contributed by atoms with Crippen LogP contribution in [0.15, 0.2) is 4.90 Å². The third-order valence-electron chi connectivity index (χ3n) is 3.03. The van der Waals surface area contributed by atoms with Crippen molar-refractivity contribution in [3.05, 3.63) is 11.4 Å². The number of aromatic amines is 1. The number of esters is 1. The average Bonchev–Trinajstić information content (AvgIpc) is 2.72. The summed E-state index contributed by atoms with van der Waals surface area (Å²) in [4.78, 5) is 11.8. The van der Waals surface area contributed by atoms with Gasteiger partial charge in [-0.1, -0.05) is 27.7 Å². The number of primary sulfonamides is 1. The number of rotatable bonds is 5. The van der Waals surface area contributed by atoms with E-state index in [1.165, 1.54) is 0 Å². The second kappa shape index (κ2) is 5.92. The zero-order valence-corrected chi connectivity index (χ0v) is 13.1. The number of nitrogens with two attached hydrogens (primary N) is 1. The number of hydrogen-bond donors (Lipinski definition) is 2. The molecule has 114 valence electrons. The molecule has 0 saturated carbocycles. The van der Waals surface area contributed by atoms with E-state index >= 15 is 0 Å². The van der Waals surface area contributed by atoms with Crippen LogP contribution in [-0.4, -0.2) is 30.7 Å². The fourth-order valence-corrected chi connectivity index (χ4v) is 2.51. The molecular weight excluding hydrogens is 282 g/mol. The van der Waals surface area contributed by atoms with Gasteiger partial charge in [0, 0.05) is 0 Å². The van der Waals surface area contributed by atoms with E-state index in [-0.39, 0.29) is 28.5 Å². The number of aromatic nitrogens is 2. The molecule has 0 radical (unpaired) electrons. The van der Waals surface area contributed by atoms with Gasteiger partial charge in [-0.3, -0.25) is 5.10 Å². The van der Waals surface area contributed by atoms with Crippen molar-refractivity contribution < 1.29 is 17.9 Å². The maximum atomic E-state index is 12.0. The molecule has 3 N–H and O–H groups in total. The summed E-state index contributed by atoms with van der Waals surface area (Å²) in [7, 11) is -4.06. The molecule has 1 aromatic rings. The van der Waals surface area contributed by atoms with Crippen molar-refractivity contribution in [3.8, 4) is 0 Å². The molecule has 1 aromatic heterocycles. The number of sulfonamides is 1. The zero-order chi connectivity index (χ0) is 15.7. The van der Waals surface area contributed by atoms with Crippen LogP contribution < -0.4 is 5.14 Å². The Kier molecular flexibility index (Phi) is 4.93. The van der Waals surface area contributed by atoms with Gasteiger partial charge in [-0.05, 0) is 18.8 Å². The van der Waals surface area contributed by atoms with Crippen molar-refractivity contribution in [3.63, 3.8) is 0 Å². The number of carbonyl (C=O) groups excluding carboxylic acids is 1. The van der Waals surface area contributed by atoms with Crippen molar-refractivity contribution >= 4 is 16.0 Å². The molecule has 1 atom stereocenters. The van der Waals surface area contributed by atoms with Gasteiger partial charge in [0.05, 0.1) is 5.69 Å². The Hall–Kier alpha value is -1.41. The van der Waals surface area contributed by atoms with E-state index in [9.17, 15) is 13.2 Å². The van der Waals surface area contributed by atoms with Gasteiger partial charge in [-0.15, -0.1) is 0 Å². The summed E-state index contributed by atoms with van der Waals surface area (Å²) in [5, 5.41) is 11.5. The van der Waals surface area contributed by atoms with Crippen LogP contribution >= 0.6 is 0 Å². The van der Waals surface area contributed by atoms with Crippen LogP contribution in [0.2, 0.25) is 0 Å². The largest absolute Gasteiger partial charge is 0.458 e. The van der Waals surface area contributed by atoms with E-state index in [4.69, 9.17) is 9.88 Å². The quantitative estimate of drug-likeness (QED) is 0.797. The van der Waals surface area contributed by atoms with Gasteiger partial charge in [0.2, 0.25) is 10.0 Å². The smallest absolute Gasteiger partial charge is 0.360 e. The molecule has 20 heavy (non-hydrogen) atoms. The highest BCUT2D eigenvalue weighted by Gasteiger charge is 2.30. The lowest BCUT2D eigenvalue weighted by atomic mass is 10.1. The first kappa shape index (κ1) is 16.6. The normalized spacial score (nSPS) is 13.8. The highest BCUT2D eigenvalue weighted by molar-refractivity contribution is 7.89. The fourth-order valence-electron chi connectivity index (χ4n) is 1.52. The summed E-state index contributed by atoms with van der Waals surface area (Å²) in [6, 6.07) is 0. The zero-order valence-electron chi connectivity index (χ0n) is 12.3. The van der Waals surface area contributed by atoms with E-state index in [1.807, 2.05) is 13.8 Å². The molecule has 0 bridgehead atoms. The standard InChI is InChI=1S/C12H21N3O4S/c1-6(2)8(5)19-12(16)10-11(20(13,17)18)9(7(3)4)14-15-10/h6-8H,1-5H3,(H,14,15)(H2,13,17,18). The molecule has 1 unspecified atom stereocenters. The molecule has 8 heteroatoms. The Morgan fingerprint density at radius 2 is 1.80 bits per heavy atom. The van der Waals surface area contributed by atoms with Crippen LogP contribution in [0.3, 0.4) is 0 Å². The summed E-state index contributed by atoms with van der Waals surface area (Å²) < 4.78 is 28.5. The van der Waals surface area contributed by atoms with Crippen molar-refractivity contribution in [1.29, 1.82) is 0 Å². The average molecular weight is 303 g/mol. The van der Waals surface area contributed by atoms with Crippen molar-refractivity contribution in [1.82, 2.24) is 10.2 Å². The Morgan fingerprint density at radius 1 is 1.25 bits per heavy atom. The van der Waals surface area contributed by atoms with Gasteiger partial charge in [-0.2, -0.15) is 5.10 Å². The van der Waals surface area contributed by atoms with Gasteiger partial charge >= 0.3 is 5.97 Å². The van der Waals surface area contributed by atoms with Crippen LogP contribution in [0.5, 0.6) is 0 Å². The van der Waals surface area contributed by atoms with Gasteiger partial charge in [-0.25, -0.2) is 18.4 Å². The fraction of sp³-hybridized carbons (Fsp3) is 0.667. The second-order valence-electron chi connectivity index (χ2n) is 5.37. The van der Waals surface area contributed by atoms with Crippen LogP contribution in [-0.2, 0) is 14.8 Å². The SMILES string of the molecule is CC(C)c1[nH]nc(C(=O)OC(C)C(C)C)c1S(N)(=O)=O. The number of hydrogen-bond acceptors (Lipinski definition) is 5. The Balaban J connectivity index is 3.23. The maximum Gasteiger partial charge on any atom is 0.360 e. The van der Waals surface area contributed by atoms with Gasteiger partial charge in [0.25, 0.3) is 0 Å². The number of nitrogens with zero attached hydrogens (tertiary/aromatic N) is 1. The number of nitrogens with one attached hydrogen (secondary N) is 1. The Bertz CT molecular complexity index is 590. The van der Waals surface area contributed by atoms with Gasteiger partial charge in [0.1, 0.15) is 11.0 Å². The number of carbonyl (C=O) groups is 1. The first-order chi connectivity index (χ1) is 9.05. The van der Waals surface area contributed by atoms with Gasteiger partial charge < -0.3 is 4.74 Å². The van der Waals surface area contributed by atoms with E-state index in [0.717, 1.165) is 0 Å². The molecule has 0 amide bonds. The van der Waals surface area contributed by atoms with Crippen LogP contribution in [0.25, 0.3) is 0 Å². The van der Waals surface area contributed by atoms with Crippen molar-refractivity contribution in [2.75, 3.05) is 0 Å². The lowest BCUT2D eigenvalue weighted by Gasteiger charge is -2.16. The molecule has 1 rings (SSSR count). The monoisotopic (exact) mass is 303 g/mol. The minimum atomic E-state index is -4.06. The summed E-state index contributed by atoms with van der Waals surface area (Å²) in [6.07, 6.45) is -0.352. The number of H-pyrrole nitrogens is 1. The first-order valence-corrected chi connectivity index (χ1v) is 7.92. The highest BCUT2D eigenvalue weighted by atomic mass is 32.2. The third kappa shape index (κ3) is 3.57. The number of ether oxygens (including phenoxy) is 1. The molecule has 0 saturated heterocycles. The van der Waals surface area contributed by atoms with E-state index in [0.29, 0.717) is 5.69 Å². The first-order valence-electron chi connectivity index (χ1n) is 6.37. The van der Waals surface area contributed by atoms with Crippen LogP contribution in [0.4, 0.5) is 0 Å². The molecule has 7 nitrogen and oxygen atoms in total. The molecule has 0 aromatic carbocycles. The van der Waals surface area contributed by atoms with E-state index in [2.05, 4.69) is 10.2 Å². The molecule has 1 heterocycles. The Morgan fingerprint density at radius 3 is 2.20 bits per heavy atom. The maximum absolute atomic E-state index is 12.0. The molecule has 0 aliphatic carbocycles. The summed E-state index contributed by atoms with van der Waals surface area (Å²) in [6.45, 7) is 9.06. The van der Waals surface area contributed by atoms with Crippen LogP contribution in [0, 0.1) is 5.92 Å². The molecular formula is C12H21N3O4S. The predicted molar refractivity (Wildman–Crippen MR) is 73.8 cm³/mol. The lowest BCUT2D eigenvalue weighted by molar-refractivity contribution is 0.0226. The highest BCUT2D eigenvalue weighted by Crippen LogP contribution is 2.24. The van der Waals surface area contributed by atoms with Crippen LogP contribution in [0.1, 0.15) is 56.7 Å². The van der Waals surface area contributed by atoms with E-state index in [1.54, 1.807) is 20.8 Å². The minimum Gasteiger partial charge on any atom is -0.458 e. The third-order valence-corrected chi connectivity index (χ3v) is 4.02. The second-order valence-corrected chi connectivity index (χ2v) is 6.87. The van der Waals surface area contributed by atoms with Crippen molar-refractivity contribution in [2.45, 2.75) is 51.5 Å². The summed E-state index contributed by atoms with van der Waals surface area (Å²) in [5.74, 6) is -0.848. The van der Waals surface area contributed by atoms with Crippen molar-refractivity contribution in [2.24, 2.45) is 11.1 Å². The van der Waals surface area contributed by atoms with E-state index < -0.39 is 16.0 Å². The molecule has 0 fully saturated rings. The van der Waals surface area contributed by atoms with Gasteiger partial charge in [0.15, 0.2) is 5.69 Å². The summed E-state index contributed by atoms with van der Waals surface area (Å²) in [5.41, 5.74) is 0.0142. The lowest BCUT2D eigenvalue weighted by Crippen LogP contribution is -2.23. The topological polar surface area (TPSA) is 115 Å². The Labute approximate surface area is 118 Å². The molecule has 0 spiro atoms. The predicted octanol–water partition coefficient (Wildman–Crippen LogP) is 1.38. The molecule has 0 aliphatic heterocycles. The molecule has 0 aliphatic rings. The minimum absolute atomic E-state index is 0.111. The summed E-state index contributed by atoms with van der Waals surface area (Å²) >= 11 is 0.